The van der Waals surface area contributed by atoms with E-state index < -0.39 is 5.82 Å². The van der Waals surface area contributed by atoms with E-state index in [0.717, 1.165) is 19.4 Å². The van der Waals surface area contributed by atoms with Gasteiger partial charge in [0.2, 0.25) is 0 Å². The fourth-order valence-electron chi connectivity index (χ4n) is 3.98. The summed E-state index contributed by atoms with van der Waals surface area (Å²) in [5, 5.41) is 0. The number of carbonyl (C=O) groups is 1. The van der Waals surface area contributed by atoms with Crippen LogP contribution in [0.4, 0.5) is 10.1 Å². The van der Waals surface area contributed by atoms with Crippen LogP contribution in [0.1, 0.15) is 54.4 Å². The standard InChI is InChI=1S/C17H23FN2O/c1-11-9-13(19)10-14(16(11)18)17(21)20-8-4-7-15(20)12-5-2-3-6-12/h9-10,12,15H,2-8,19H2,1H3. The second-order valence-electron chi connectivity index (χ2n) is 6.45. The van der Waals surface area contributed by atoms with Gasteiger partial charge in [0.15, 0.2) is 0 Å². The van der Waals surface area contributed by atoms with E-state index >= 15 is 0 Å². The molecule has 1 aliphatic carbocycles. The number of nitrogens with two attached hydrogens (primary N) is 1. The number of benzene rings is 1. The van der Waals surface area contributed by atoms with Crippen LogP contribution in [0.15, 0.2) is 12.1 Å². The van der Waals surface area contributed by atoms with Crippen molar-refractivity contribution in [2.45, 2.75) is 51.5 Å². The fraction of sp³-hybridized carbons (Fsp3) is 0.588. The van der Waals surface area contributed by atoms with Crippen LogP contribution in [0, 0.1) is 18.7 Å². The molecule has 2 fully saturated rings. The minimum absolute atomic E-state index is 0.136. The lowest BCUT2D eigenvalue weighted by atomic mass is 9.95. The van der Waals surface area contributed by atoms with E-state index in [0.29, 0.717) is 23.2 Å². The van der Waals surface area contributed by atoms with E-state index in [2.05, 4.69) is 0 Å². The summed E-state index contributed by atoms with van der Waals surface area (Å²) in [7, 11) is 0. The summed E-state index contributed by atoms with van der Waals surface area (Å²) in [4.78, 5) is 14.7. The Morgan fingerprint density at radius 1 is 1.24 bits per heavy atom. The number of anilines is 1. The molecule has 1 aliphatic heterocycles. The Kier molecular flexibility index (Phi) is 3.87. The number of hydrogen-bond acceptors (Lipinski definition) is 2. The predicted molar refractivity (Wildman–Crippen MR) is 81.6 cm³/mol. The van der Waals surface area contributed by atoms with Gasteiger partial charge >= 0.3 is 0 Å². The van der Waals surface area contributed by atoms with Crippen LogP contribution < -0.4 is 5.73 Å². The molecule has 3 nitrogen and oxygen atoms in total. The zero-order chi connectivity index (χ0) is 15.0. The Balaban J connectivity index is 1.87. The van der Waals surface area contributed by atoms with Crippen LogP contribution in [-0.2, 0) is 0 Å². The number of nitrogen functional groups attached to an aromatic ring is 1. The van der Waals surface area contributed by atoms with E-state index in [1.165, 1.54) is 31.7 Å². The van der Waals surface area contributed by atoms with Gasteiger partial charge in [-0.1, -0.05) is 12.8 Å². The first kappa shape index (κ1) is 14.4. The minimum Gasteiger partial charge on any atom is -0.399 e. The number of halogens is 1. The lowest BCUT2D eigenvalue weighted by Gasteiger charge is -2.29. The van der Waals surface area contributed by atoms with Crippen LogP contribution >= 0.6 is 0 Å². The average molecular weight is 290 g/mol. The maximum atomic E-state index is 14.3. The Morgan fingerprint density at radius 3 is 2.67 bits per heavy atom. The van der Waals surface area contributed by atoms with Crippen molar-refractivity contribution in [3.63, 3.8) is 0 Å². The van der Waals surface area contributed by atoms with Crippen molar-refractivity contribution in [3.05, 3.63) is 29.1 Å². The molecule has 0 aromatic heterocycles. The molecule has 2 aliphatic rings. The van der Waals surface area contributed by atoms with Gasteiger partial charge in [0.1, 0.15) is 5.82 Å². The zero-order valence-corrected chi connectivity index (χ0v) is 12.6. The third-order valence-electron chi connectivity index (χ3n) is 5.01. The highest BCUT2D eigenvalue weighted by Gasteiger charge is 2.37. The number of nitrogens with zero attached hydrogens (tertiary/aromatic N) is 1. The molecule has 3 rings (SSSR count). The largest absolute Gasteiger partial charge is 0.399 e. The zero-order valence-electron chi connectivity index (χ0n) is 12.6. The Hall–Kier alpha value is -1.58. The second-order valence-corrected chi connectivity index (χ2v) is 6.45. The molecule has 114 valence electrons. The van der Waals surface area contributed by atoms with Crippen LogP contribution in [0.25, 0.3) is 0 Å². The average Bonchev–Trinajstić information content (AvgIpc) is 3.11. The number of hydrogen-bond donors (Lipinski definition) is 1. The third-order valence-corrected chi connectivity index (χ3v) is 5.01. The molecule has 0 spiro atoms. The smallest absolute Gasteiger partial charge is 0.257 e. The van der Waals surface area contributed by atoms with Gasteiger partial charge in [0, 0.05) is 18.3 Å². The fourth-order valence-corrected chi connectivity index (χ4v) is 3.98. The molecule has 1 heterocycles. The number of carbonyl (C=O) groups excluding carboxylic acids is 1. The van der Waals surface area contributed by atoms with Gasteiger partial charge in [-0.15, -0.1) is 0 Å². The second kappa shape index (κ2) is 5.66. The third kappa shape index (κ3) is 2.63. The number of amides is 1. The van der Waals surface area contributed by atoms with E-state index in [1.807, 2.05) is 4.90 Å². The SMILES string of the molecule is Cc1cc(N)cc(C(=O)N2CCCC2C2CCCC2)c1F. The Morgan fingerprint density at radius 2 is 1.95 bits per heavy atom. The molecular weight excluding hydrogens is 267 g/mol. The Bertz CT molecular complexity index is 552. The van der Waals surface area contributed by atoms with Gasteiger partial charge in [0.25, 0.3) is 5.91 Å². The lowest BCUT2D eigenvalue weighted by molar-refractivity contribution is 0.0684. The minimum atomic E-state index is -0.425. The molecule has 1 unspecified atom stereocenters. The number of aryl methyl sites for hydroxylation is 1. The molecule has 1 atom stereocenters. The topological polar surface area (TPSA) is 46.3 Å². The molecular formula is C17H23FN2O. The van der Waals surface area contributed by atoms with Crippen molar-refractivity contribution < 1.29 is 9.18 Å². The maximum Gasteiger partial charge on any atom is 0.257 e. The molecule has 0 radical (unpaired) electrons. The quantitative estimate of drug-likeness (QED) is 0.847. The number of rotatable bonds is 2. The van der Waals surface area contributed by atoms with Crippen LogP contribution in [0.3, 0.4) is 0 Å². The monoisotopic (exact) mass is 290 g/mol. The van der Waals surface area contributed by atoms with Gasteiger partial charge in [-0.2, -0.15) is 0 Å². The van der Waals surface area contributed by atoms with Gasteiger partial charge < -0.3 is 10.6 Å². The number of likely N-dealkylation sites (tertiary alicyclic amines) is 1. The lowest BCUT2D eigenvalue weighted by Crippen LogP contribution is -2.39. The Labute approximate surface area is 125 Å². The molecule has 1 amide bonds. The summed E-state index contributed by atoms with van der Waals surface area (Å²) in [5.41, 5.74) is 6.81. The predicted octanol–water partition coefficient (Wildman–Crippen LogP) is 3.51. The van der Waals surface area contributed by atoms with E-state index in [4.69, 9.17) is 5.73 Å². The highest BCUT2D eigenvalue weighted by molar-refractivity contribution is 5.96. The van der Waals surface area contributed by atoms with Crippen LogP contribution in [-0.4, -0.2) is 23.4 Å². The van der Waals surface area contributed by atoms with Crippen LogP contribution in [0.5, 0.6) is 0 Å². The maximum absolute atomic E-state index is 14.3. The van der Waals surface area contributed by atoms with Crippen molar-refractivity contribution in [2.75, 3.05) is 12.3 Å². The molecule has 4 heteroatoms. The van der Waals surface area contributed by atoms with Gasteiger partial charge in [-0.05, 0) is 56.2 Å². The summed E-state index contributed by atoms with van der Waals surface area (Å²) in [6, 6.07) is 3.35. The van der Waals surface area contributed by atoms with E-state index in [1.54, 1.807) is 13.0 Å². The van der Waals surface area contributed by atoms with E-state index in [9.17, 15) is 9.18 Å². The molecule has 1 saturated heterocycles. The summed E-state index contributed by atoms with van der Waals surface area (Å²) in [5.74, 6) is -0.00904. The highest BCUT2D eigenvalue weighted by atomic mass is 19.1. The molecule has 2 N–H and O–H groups in total. The van der Waals surface area contributed by atoms with Crippen molar-refractivity contribution in [3.8, 4) is 0 Å². The normalized spacial score (nSPS) is 23.0. The van der Waals surface area contributed by atoms with Crippen LogP contribution in [0.2, 0.25) is 0 Å². The summed E-state index contributed by atoms with van der Waals surface area (Å²) in [6.07, 6.45) is 7.00. The molecule has 1 saturated carbocycles. The summed E-state index contributed by atoms with van der Waals surface area (Å²) >= 11 is 0. The first-order valence-electron chi connectivity index (χ1n) is 7.94. The first-order chi connectivity index (χ1) is 10.1. The first-order valence-corrected chi connectivity index (χ1v) is 7.94. The van der Waals surface area contributed by atoms with E-state index in [-0.39, 0.29) is 11.5 Å². The molecule has 0 bridgehead atoms. The van der Waals surface area contributed by atoms with Crippen molar-refractivity contribution >= 4 is 11.6 Å². The molecule has 1 aromatic rings. The van der Waals surface area contributed by atoms with Crippen molar-refractivity contribution in [2.24, 2.45) is 5.92 Å². The summed E-state index contributed by atoms with van der Waals surface area (Å²) < 4.78 is 14.3. The van der Waals surface area contributed by atoms with Gasteiger partial charge in [-0.25, -0.2) is 4.39 Å². The molecule has 1 aromatic carbocycles. The van der Waals surface area contributed by atoms with Gasteiger partial charge in [0.05, 0.1) is 5.56 Å². The molecule has 21 heavy (non-hydrogen) atoms. The highest BCUT2D eigenvalue weighted by Crippen LogP contribution is 2.36. The van der Waals surface area contributed by atoms with Gasteiger partial charge in [-0.3, -0.25) is 4.79 Å². The summed E-state index contributed by atoms with van der Waals surface area (Å²) in [6.45, 7) is 2.40. The van der Waals surface area contributed by atoms with Crippen molar-refractivity contribution in [1.82, 2.24) is 4.90 Å². The van der Waals surface area contributed by atoms with Crippen molar-refractivity contribution in [1.29, 1.82) is 0 Å².